The molecule has 2 atom stereocenters. The fraction of sp³-hybridized carbons (Fsp3) is 0.533. The zero-order chi connectivity index (χ0) is 14.5. The van der Waals surface area contributed by atoms with Gasteiger partial charge >= 0.3 is 6.03 Å². The lowest BCUT2D eigenvalue weighted by atomic mass is 9.96. The number of hydrogen-bond acceptors (Lipinski definition) is 2. The predicted molar refractivity (Wildman–Crippen MR) is 76.1 cm³/mol. The van der Waals surface area contributed by atoms with Crippen molar-refractivity contribution in [1.82, 2.24) is 4.90 Å². The van der Waals surface area contributed by atoms with Crippen LogP contribution in [0.25, 0.3) is 0 Å². The van der Waals surface area contributed by atoms with Crippen LogP contribution >= 0.6 is 0 Å². The number of piperidine rings is 1. The Bertz CT molecular complexity index is 467. The van der Waals surface area contributed by atoms with Crippen molar-refractivity contribution < 1.29 is 14.3 Å². The maximum atomic E-state index is 13.1. The topological polar surface area (TPSA) is 52.6 Å². The number of nitrogens with one attached hydrogen (secondary N) is 1. The number of hydrogen-bond donors (Lipinski definition) is 2. The Kier molecular flexibility index (Phi) is 4.95. The molecule has 0 bridgehead atoms. The summed E-state index contributed by atoms with van der Waals surface area (Å²) in [4.78, 5) is 14.0. The minimum Gasteiger partial charge on any atom is -0.391 e. The summed E-state index contributed by atoms with van der Waals surface area (Å²) < 4.78 is 13.1. The molecule has 1 aromatic carbocycles. The van der Waals surface area contributed by atoms with Crippen LogP contribution in [0.2, 0.25) is 0 Å². The number of benzene rings is 1. The number of nitrogens with zero attached hydrogens (tertiary/aromatic N) is 1. The molecule has 0 spiro atoms. The van der Waals surface area contributed by atoms with Gasteiger partial charge in [0.05, 0.1) is 12.1 Å². The molecule has 2 amide bonds. The lowest BCUT2D eigenvalue weighted by Gasteiger charge is -2.38. The third-order valence-electron chi connectivity index (χ3n) is 3.75. The van der Waals surface area contributed by atoms with Crippen LogP contribution in [0.1, 0.15) is 32.6 Å². The van der Waals surface area contributed by atoms with E-state index in [0.717, 1.165) is 19.3 Å². The molecule has 1 aliphatic rings. The molecule has 0 radical (unpaired) electrons. The van der Waals surface area contributed by atoms with Gasteiger partial charge in [-0.25, -0.2) is 9.18 Å². The average molecular weight is 280 g/mol. The number of halogens is 1. The van der Waals surface area contributed by atoms with Gasteiger partial charge in [-0.3, -0.25) is 0 Å². The molecule has 2 rings (SSSR count). The molecule has 1 aliphatic heterocycles. The number of carbonyl (C=O) groups is 1. The molecule has 1 heterocycles. The highest BCUT2D eigenvalue weighted by Gasteiger charge is 2.31. The maximum absolute atomic E-state index is 13.1. The van der Waals surface area contributed by atoms with E-state index in [-0.39, 0.29) is 17.9 Å². The Hall–Kier alpha value is -1.62. The third kappa shape index (κ3) is 3.48. The van der Waals surface area contributed by atoms with Crippen LogP contribution in [0, 0.1) is 5.82 Å². The summed E-state index contributed by atoms with van der Waals surface area (Å²) in [5.74, 6) is -0.383. The lowest BCUT2D eigenvalue weighted by Crippen LogP contribution is -2.51. The zero-order valence-corrected chi connectivity index (χ0v) is 11.7. The van der Waals surface area contributed by atoms with Crippen molar-refractivity contribution in [1.29, 1.82) is 0 Å². The minimum absolute atomic E-state index is 0.151. The number of aliphatic hydroxyl groups excluding tert-OH is 1. The van der Waals surface area contributed by atoms with Gasteiger partial charge in [-0.1, -0.05) is 13.0 Å². The van der Waals surface area contributed by atoms with Crippen LogP contribution in [-0.2, 0) is 0 Å². The lowest BCUT2D eigenvalue weighted by molar-refractivity contribution is 0.0471. The summed E-state index contributed by atoms with van der Waals surface area (Å²) in [5.41, 5.74) is 0.435. The fourth-order valence-electron chi connectivity index (χ4n) is 2.64. The van der Waals surface area contributed by atoms with Gasteiger partial charge in [0.2, 0.25) is 0 Å². The van der Waals surface area contributed by atoms with Gasteiger partial charge < -0.3 is 15.3 Å². The van der Waals surface area contributed by atoms with Crippen molar-refractivity contribution in [2.75, 3.05) is 11.9 Å². The van der Waals surface area contributed by atoms with E-state index in [1.54, 1.807) is 17.0 Å². The highest BCUT2D eigenvalue weighted by atomic mass is 19.1. The van der Waals surface area contributed by atoms with Gasteiger partial charge in [-0.15, -0.1) is 0 Å². The van der Waals surface area contributed by atoms with Crippen LogP contribution in [0.5, 0.6) is 0 Å². The Morgan fingerprint density at radius 3 is 3.05 bits per heavy atom. The Morgan fingerprint density at radius 1 is 1.55 bits per heavy atom. The van der Waals surface area contributed by atoms with E-state index in [9.17, 15) is 14.3 Å². The summed E-state index contributed by atoms with van der Waals surface area (Å²) >= 11 is 0. The summed E-state index contributed by atoms with van der Waals surface area (Å²) in [6.45, 7) is 2.53. The largest absolute Gasteiger partial charge is 0.391 e. The van der Waals surface area contributed by atoms with Gasteiger partial charge in [-0.2, -0.15) is 0 Å². The third-order valence-corrected chi connectivity index (χ3v) is 3.75. The Morgan fingerprint density at radius 2 is 2.35 bits per heavy atom. The van der Waals surface area contributed by atoms with Gasteiger partial charge in [0.15, 0.2) is 0 Å². The number of anilines is 1. The highest BCUT2D eigenvalue weighted by molar-refractivity contribution is 5.89. The van der Waals surface area contributed by atoms with E-state index < -0.39 is 6.10 Å². The standard InChI is InChI=1S/C15H21FN2O2/c1-2-14(19)13-8-3-4-9-18(13)15(20)17-12-7-5-6-11(16)10-12/h5-7,10,13-14,19H,2-4,8-9H2,1H3,(H,17,20)/t13-,14-/m1/s1. The van der Waals surface area contributed by atoms with Crippen molar-refractivity contribution in [2.45, 2.75) is 44.8 Å². The molecule has 110 valence electrons. The monoisotopic (exact) mass is 280 g/mol. The van der Waals surface area contributed by atoms with Crippen molar-refractivity contribution >= 4 is 11.7 Å². The Balaban J connectivity index is 2.06. The highest BCUT2D eigenvalue weighted by Crippen LogP contribution is 2.22. The second-order valence-corrected chi connectivity index (χ2v) is 5.17. The van der Waals surface area contributed by atoms with Gasteiger partial charge in [0.25, 0.3) is 0 Å². The van der Waals surface area contributed by atoms with E-state index in [1.807, 2.05) is 6.92 Å². The molecule has 1 saturated heterocycles. The molecule has 1 fully saturated rings. The summed E-state index contributed by atoms with van der Waals surface area (Å²) in [5, 5.41) is 12.7. The number of aliphatic hydroxyl groups is 1. The predicted octanol–water partition coefficient (Wildman–Crippen LogP) is 2.98. The van der Waals surface area contributed by atoms with Gasteiger partial charge in [0.1, 0.15) is 5.82 Å². The quantitative estimate of drug-likeness (QED) is 0.894. The normalized spacial score (nSPS) is 20.6. The first kappa shape index (κ1) is 14.8. The Labute approximate surface area is 118 Å². The first-order chi connectivity index (χ1) is 9.61. The van der Waals surface area contributed by atoms with Gasteiger partial charge in [0, 0.05) is 12.2 Å². The van der Waals surface area contributed by atoms with E-state index in [2.05, 4.69) is 5.32 Å². The number of carbonyl (C=O) groups excluding carboxylic acids is 1. The molecule has 2 N–H and O–H groups in total. The first-order valence-electron chi connectivity index (χ1n) is 7.13. The smallest absolute Gasteiger partial charge is 0.322 e. The zero-order valence-electron chi connectivity index (χ0n) is 11.7. The maximum Gasteiger partial charge on any atom is 0.322 e. The average Bonchev–Trinajstić information content (AvgIpc) is 2.46. The van der Waals surface area contributed by atoms with Crippen molar-refractivity contribution in [3.8, 4) is 0 Å². The van der Waals surface area contributed by atoms with Crippen LogP contribution in [0.4, 0.5) is 14.9 Å². The number of rotatable bonds is 3. The second-order valence-electron chi connectivity index (χ2n) is 5.17. The number of amides is 2. The molecule has 0 aliphatic carbocycles. The molecule has 5 heteroatoms. The van der Waals surface area contributed by atoms with Crippen LogP contribution in [0.3, 0.4) is 0 Å². The van der Waals surface area contributed by atoms with Crippen molar-refractivity contribution in [3.05, 3.63) is 30.1 Å². The van der Waals surface area contributed by atoms with E-state index in [1.165, 1.54) is 12.1 Å². The number of likely N-dealkylation sites (tertiary alicyclic amines) is 1. The van der Waals surface area contributed by atoms with Crippen LogP contribution in [-0.4, -0.2) is 34.7 Å². The first-order valence-corrected chi connectivity index (χ1v) is 7.13. The molecular formula is C15H21FN2O2. The summed E-state index contributed by atoms with van der Waals surface area (Å²) in [6, 6.07) is 5.40. The van der Waals surface area contributed by atoms with E-state index in [4.69, 9.17) is 0 Å². The van der Waals surface area contributed by atoms with Crippen molar-refractivity contribution in [2.24, 2.45) is 0 Å². The van der Waals surface area contributed by atoms with E-state index in [0.29, 0.717) is 18.7 Å². The number of urea groups is 1. The summed E-state index contributed by atoms with van der Waals surface area (Å²) in [7, 11) is 0. The molecule has 0 saturated carbocycles. The second kappa shape index (κ2) is 6.70. The fourth-order valence-corrected chi connectivity index (χ4v) is 2.64. The van der Waals surface area contributed by atoms with Crippen LogP contribution in [0.15, 0.2) is 24.3 Å². The van der Waals surface area contributed by atoms with E-state index >= 15 is 0 Å². The van der Waals surface area contributed by atoms with Gasteiger partial charge in [-0.05, 0) is 43.9 Å². The SMILES string of the molecule is CC[C@@H](O)[C@H]1CCCCN1C(=O)Nc1cccc(F)c1. The van der Waals surface area contributed by atoms with Crippen LogP contribution < -0.4 is 5.32 Å². The summed E-state index contributed by atoms with van der Waals surface area (Å²) in [6.07, 6.45) is 2.88. The molecule has 0 aromatic heterocycles. The molecule has 20 heavy (non-hydrogen) atoms. The molecule has 1 aromatic rings. The van der Waals surface area contributed by atoms with Crippen molar-refractivity contribution in [3.63, 3.8) is 0 Å². The molecule has 4 nitrogen and oxygen atoms in total. The molecular weight excluding hydrogens is 259 g/mol. The minimum atomic E-state index is -0.506. The molecule has 0 unspecified atom stereocenters.